The second kappa shape index (κ2) is 5.48. The number of aromatic nitrogens is 2. The summed E-state index contributed by atoms with van der Waals surface area (Å²) >= 11 is 0. The van der Waals surface area contributed by atoms with E-state index in [1.54, 1.807) is 11.7 Å². The Bertz CT molecular complexity index is 578. The van der Waals surface area contributed by atoms with Crippen LogP contribution >= 0.6 is 0 Å². The molecule has 19 heavy (non-hydrogen) atoms. The molecule has 0 spiro atoms. The van der Waals surface area contributed by atoms with Crippen molar-refractivity contribution in [1.82, 2.24) is 15.1 Å². The summed E-state index contributed by atoms with van der Waals surface area (Å²) in [6.07, 6.45) is 2.28. The topological polar surface area (TPSA) is 29.9 Å². The molecule has 3 nitrogen and oxygen atoms in total. The molecule has 0 aliphatic heterocycles. The minimum absolute atomic E-state index is 0.0926. The molecule has 0 aliphatic rings. The highest BCUT2D eigenvalue weighted by atomic mass is 19.1. The number of rotatable bonds is 4. The van der Waals surface area contributed by atoms with Crippen molar-refractivity contribution < 1.29 is 8.78 Å². The molecule has 0 radical (unpaired) electrons. The van der Waals surface area contributed by atoms with Gasteiger partial charge in [-0.3, -0.25) is 4.68 Å². The van der Waals surface area contributed by atoms with Crippen molar-refractivity contribution in [3.63, 3.8) is 0 Å². The number of aryl methyl sites for hydroxylation is 2. The van der Waals surface area contributed by atoms with E-state index in [9.17, 15) is 8.78 Å². The maximum absolute atomic E-state index is 13.7. The third-order valence-electron chi connectivity index (χ3n) is 3.21. The Labute approximate surface area is 111 Å². The third-order valence-corrected chi connectivity index (χ3v) is 3.21. The first-order chi connectivity index (χ1) is 9.01. The van der Waals surface area contributed by atoms with Crippen LogP contribution in [-0.4, -0.2) is 16.8 Å². The van der Waals surface area contributed by atoms with Gasteiger partial charge in [0.15, 0.2) is 0 Å². The van der Waals surface area contributed by atoms with Crippen LogP contribution in [0.4, 0.5) is 8.78 Å². The predicted molar refractivity (Wildman–Crippen MR) is 69.8 cm³/mol. The van der Waals surface area contributed by atoms with Crippen LogP contribution in [-0.2, 0) is 13.5 Å². The van der Waals surface area contributed by atoms with Crippen molar-refractivity contribution in [3.8, 4) is 0 Å². The molecule has 1 heterocycles. The summed E-state index contributed by atoms with van der Waals surface area (Å²) in [5.74, 6) is -0.808. The first kappa shape index (κ1) is 13.7. The molecule has 2 rings (SSSR count). The van der Waals surface area contributed by atoms with Gasteiger partial charge in [-0.25, -0.2) is 8.78 Å². The Morgan fingerprint density at radius 1 is 1.37 bits per heavy atom. The fourth-order valence-corrected chi connectivity index (χ4v) is 2.25. The molecular formula is C14H17F2N3. The maximum Gasteiger partial charge on any atom is 0.126 e. The average molecular weight is 265 g/mol. The van der Waals surface area contributed by atoms with Gasteiger partial charge in [0.05, 0.1) is 5.69 Å². The van der Waals surface area contributed by atoms with E-state index < -0.39 is 5.82 Å². The number of hydrogen-bond donors (Lipinski definition) is 1. The van der Waals surface area contributed by atoms with E-state index in [1.165, 1.54) is 6.07 Å². The van der Waals surface area contributed by atoms with E-state index in [0.29, 0.717) is 12.0 Å². The Morgan fingerprint density at radius 3 is 2.68 bits per heavy atom. The average Bonchev–Trinajstić information content (AvgIpc) is 2.69. The molecule has 1 aromatic carbocycles. The number of halogens is 2. The van der Waals surface area contributed by atoms with Gasteiger partial charge in [0.2, 0.25) is 0 Å². The van der Waals surface area contributed by atoms with Crippen LogP contribution in [0.2, 0.25) is 0 Å². The molecule has 102 valence electrons. The van der Waals surface area contributed by atoms with Crippen LogP contribution in [0.1, 0.15) is 22.9 Å². The van der Waals surface area contributed by atoms with Crippen molar-refractivity contribution in [2.45, 2.75) is 19.4 Å². The molecule has 0 bridgehead atoms. The van der Waals surface area contributed by atoms with Gasteiger partial charge >= 0.3 is 0 Å². The Morgan fingerprint density at radius 2 is 2.11 bits per heavy atom. The summed E-state index contributed by atoms with van der Waals surface area (Å²) in [6, 6.07) is 3.44. The highest BCUT2D eigenvalue weighted by Crippen LogP contribution is 2.22. The lowest BCUT2D eigenvalue weighted by molar-refractivity contribution is 0.542. The van der Waals surface area contributed by atoms with E-state index in [1.807, 2.05) is 20.2 Å². The summed E-state index contributed by atoms with van der Waals surface area (Å²) in [4.78, 5) is 0. The van der Waals surface area contributed by atoms with Gasteiger partial charge in [-0.15, -0.1) is 0 Å². The van der Waals surface area contributed by atoms with Crippen molar-refractivity contribution in [2.75, 3.05) is 7.05 Å². The Kier molecular flexibility index (Phi) is 3.95. The second-order valence-electron chi connectivity index (χ2n) is 4.62. The lowest BCUT2D eigenvalue weighted by Gasteiger charge is -2.16. The molecule has 2 aromatic rings. The Balaban J connectivity index is 2.29. The maximum atomic E-state index is 13.7. The largest absolute Gasteiger partial charge is 0.313 e. The van der Waals surface area contributed by atoms with Crippen LogP contribution < -0.4 is 5.32 Å². The van der Waals surface area contributed by atoms with Gasteiger partial charge in [0.1, 0.15) is 11.6 Å². The molecule has 0 fully saturated rings. The normalized spacial score (nSPS) is 12.7. The SMILES string of the molecule is CNC(Cc1cc(F)ccc1F)c1cn(C)nc1C. The number of likely N-dealkylation sites (N-methyl/N-ethyl adjacent to an activating group) is 1. The van der Waals surface area contributed by atoms with Crippen LogP contribution in [0.25, 0.3) is 0 Å². The Hall–Kier alpha value is -1.75. The zero-order chi connectivity index (χ0) is 14.0. The molecule has 0 saturated carbocycles. The van der Waals surface area contributed by atoms with Gasteiger partial charge in [-0.05, 0) is 44.2 Å². The van der Waals surface area contributed by atoms with Gasteiger partial charge in [0, 0.05) is 24.8 Å². The van der Waals surface area contributed by atoms with E-state index in [4.69, 9.17) is 0 Å². The molecule has 5 heteroatoms. The fourth-order valence-electron chi connectivity index (χ4n) is 2.25. The highest BCUT2D eigenvalue weighted by Gasteiger charge is 2.17. The standard InChI is InChI=1S/C14H17F2N3/c1-9-12(8-19(3)18-9)14(17-2)7-10-6-11(15)4-5-13(10)16/h4-6,8,14,17H,7H2,1-3H3. The lowest BCUT2D eigenvalue weighted by atomic mass is 9.99. The van der Waals surface area contributed by atoms with Gasteiger partial charge in [-0.2, -0.15) is 5.10 Å². The summed E-state index contributed by atoms with van der Waals surface area (Å²) in [5, 5.41) is 7.40. The van der Waals surface area contributed by atoms with Crippen LogP contribution in [0.5, 0.6) is 0 Å². The first-order valence-electron chi connectivity index (χ1n) is 6.12. The molecule has 1 aromatic heterocycles. The van der Waals surface area contributed by atoms with E-state index in [-0.39, 0.29) is 11.9 Å². The number of hydrogen-bond acceptors (Lipinski definition) is 2. The van der Waals surface area contributed by atoms with Gasteiger partial charge < -0.3 is 5.32 Å². The molecular weight excluding hydrogens is 248 g/mol. The molecule has 1 N–H and O–H groups in total. The van der Waals surface area contributed by atoms with E-state index in [0.717, 1.165) is 23.4 Å². The predicted octanol–water partition coefficient (Wildman–Crippen LogP) is 2.51. The monoisotopic (exact) mass is 265 g/mol. The van der Waals surface area contributed by atoms with Gasteiger partial charge in [0.25, 0.3) is 0 Å². The molecule has 1 unspecified atom stereocenters. The van der Waals surface area contributed by atoms with Crippen molar-refractivity contribution in [2.24, 2.45) is 7.05 Å². The zero-order valence-electron chi connectivity index (χ0n) is 11.2. The zero-order valence-corrected chi connectivity index (χ0v) is 11.2. The minimum atomic E-state index is -0.422. The van der Waals surface area contributed by atoms with E-state index in [2.05, 4.69) is 10.4 Å². The number of benzene rings is 1. The minimum Gasteiger partial charge on any atom is -0.313 e. The van der Waals surface area contributed by atoms with Crippen molar-refractivity contribution >= 4 is 0 Å². The number of nitrogens with zero attached hydrogens (tertiary/aromatic N) is 2. The van der Waals surface area contributed by atoms with Crippen LogP contribution in [0, 0.1) is 18.6 Å². The second-order valence-corrected chi connectivity index (χ2v) is 4.62. The van der Waals surface area contributed by atoms with Gasteiger partial charge in [-0.1, -0.05) is 0 Å². The highest BCUT2D eigenvalue weighted by molar-refractivity contribution is 5.26. The lowest BCUT2D eigenvalue weighted by Crippen LogP contribution is -2.20. The van der Waals surface area contributed by atoms with Crippen molar-refractivity contribution in [1.29, 1.82) is 0 Å². The first-order valence-corrected chi connectivity index (χ1v) is 6.12. The van der Waals surface area contributed by atoms with Crippen molar-refractivity contribution in [3.05, 3.63) is 52.9 Å². The quantitative estimate of drug-likeness (QED) is 0.920. The van der Waals surface area contributed by atoms with Crippen LogP contribution in [0.3, 0.4) is 0 Å². The summed E-state index contributed by atoms with van der Waals surface area (Å²) in [7, 11) is 3.64. The summed E-state index contributed by atoms with van der Waals surface area (Å²) < 4.78 is 28.6. The smallest absolute Gasteiger partial charge is 0.126 e. The molecule has 1 atom stereocenters. The molecule has 0 amide bonds. The van der Waals surface area contributed by atoms with E-state index >= 15 is 0 Å². The molecule has 0 aliphatic carbocycles. The number of nitrogens with one attached hydrogen (secondary N) is 1. The third kappa shape index (κ3) is 2.98. The summed E-state index contributed by atoms with van der Waals surface area (Å²) in [5.41, 5.74) is 2.25. The van der Waals surface area contributed by atoms with Crippen LogP contribution in [0.15, 0.2) is 24.4 Å². The summed E-state index contributed by atoms with van der Waals surface area (Å²) in [6.45, 7) is 1.90. The molecule has 0 saturated heterocycles. The fraction of sp³-hybridized carbons (Fsp3) is 0.357.